The number of benzene rings is 1. The Bertz CT molecular complexity index is 1340. The fraction of sp³-hybridized carbons (Fsp3) is 0.360. The number of carbonyl (C=O) groups excluding carboxylic acids is 2. The fourth-order valence-electron chi connectivity index (χ4n) is 3.72. The summed E-state index contributed by atoms with van der Waals surface area (Å²) in [7, 11) is 3.61. The van der Waals surface area contributed by atoms with Crippen LogP contribution >= 0.6 is 0 Å². The highest BCUT2D eigenvalue weighted by atomic mass is 19.1. The van der Waals surface area contributed by atoms with Gasteiger partial charge in [-0.15, -0.1) is 0 Å². The lowest BCUT2D eigenvalue weighted by Crippen LogP contribution is -2.31. The van der Waals surface area contributed by atoms with Gasteiger partial charge in [-0.1, -0.05) is 25.5 Å². The first-order valence-electron chi connectivity index (χ1n) is 11.7. The molecule has 0 saturated carbocycles. The number of cyclic esters (lactones) is 1. The molecule has 1 fully saturated rings. The Morgan fingerprint density at radius 2 is 2.00 bits per heavy atom. The zero-order valence-electron chi connectivity index (χ0n) is 20.4. The number of ether oxygens (including phenoxy) is 2. The molecule has 1 aliphatic heterocycles. The Labute approximate surface area is 207 Å². The van der Waals surface area contributed by atoms with Crippen LogP contribution in [0.1, 0.15) is 35.8 Å². The molecule has 0 unspecified atom stereocenters. The second-order valence-corrected chi connectivity index (χ2v) is 8.54. The molecular formula is C25H28FN5O5. The van der Waals surface area contributed by atoms with Crippen LogP contribution in [0.4, 0.5) is 20.6 Å². The van der Waals surface area contributed by atoms with Crippen LogP contribution in [0.2, 0.25) is 0 Å². The first-order chi connectivity index (χ1) is 17.3. The number of halogens is 1. The van der Waals surface area contributed by atoms with E-state index in [4.69, 9.17) is 9.47 Å². The van der Waals surface area contributed by atoms with Gasteiger partial charge in [0.15, 0.2) is 11.3 Å². The van der Waals surface area contributed by atoms with Crippen molar-refractivity contribution >= 4 is 29.0 Å². The molecule has 1 saturated heterocycles. The van der Waals surface area contributed by atoms with Gasteiger partial charge in [0.05, 0.1) is 24.5 Å². The number of nitrogens with zero attached hydrogens (tertiary/aromatic N) is 4. The molecule has 4 rings (SSSR count). The minimum absolute atomic E-state index is 0.0967. The highest BCUT2D eigenvalue weighted by Crippen LogP contribution is 2.29. The maximum atomic E-state index is 13.6. The second-order valence-electron chi connectivity index (χ2n) is 8.54. The highest BCUT2D eigenvalue weighted by molar-refractivity contribution is 5.98. The van der Waals surface area contributed by atoms with E-state index in [9.17, 15) is 18.8 Å². The number of carbonyl (C=O) groups is 2. The van der Waals surface area contributed by atoms with E-state index in [1.54, 1.807) is 29.3 Å². The number of aromatic nitrogens is 2. The summed E-state index contributed by atoms with van der Waals surface area (Å²) < 4.78 is 25.4. The van der Waals surface area contributed by atoms with E-state index in [0.29, 0.717) is 23.4 Å². The Kier molecular flexibility index (Phi) is 7.37. The number of hydrogen-bond donors (Lipinski definition) is 1. The summed E-state index contributed by atoms with van der Waals surface area (Å²) in [5, 5.41) is 2.72. The number of pyridine rings is 1. The molecule has 2 aromatic heterocycles. The maximum absolute atomic E-state index is 13.6. The molecule has 0 atom stereocenters. The minimum Gasteiger partial charge on any atom is -0.486 e. The summed E-state index contributed by atoms with van der Waals surface area (Å²) >= 11 is 0. The average Bonchev–Trinajstić information content (AvgIpc) is 3.29. The van der Waals surface area contributed by atoms with Crippen molar-refractivity contribution in [3.05, 3.63) is 64.0 Å². The monoisotopic (exact) mass is 497 g/mol. The van der Waals surface area contributed by atoms with Gasteiger partial charge in [0, 0.05) is 26.8 Å². The van der Waals surface area contributed by atoms with Crippen molar-refractivity contribution in [2.24, 2.45) is 0 Å². The summed E-state index contributed by atoms with van der Waals surface area (Å²) in [5.41, 5.74) is 1.03. The second kappa shape index (κ2) is 10.6. The SMILES string of the molecule is CCCCOc1c(C(=O)NCc2ccc(F)cc2)nc2c(N3CCOC3=O)cc(N(C)C)cn2c1=O. The van der Waals surface area contributed by atoms with Crippen molar-refractivity contribution < 1.29 is 23.5 Å². The average molecular weight is 498 g/mol. The Morgan fingerprint density at radius 1 is 1.25 bits per heavy atom. The van der Waals surface area contributed by atoms with Crippen LogP contribution in [0.25, 0.3) is 5.65 Å². The number of amides is 2. The number of anilines is 2. The van der Waals surface area contributed by atoms with Crippen LogP contribution in [-0.4, -0.2) is 55.2 Å². The van der Waals surface area contributed by atoms with Gasteiger partial charge in [-0.25, -0.2) is 14.2 Å². The smallest absolute Gasteiger partial charge is 0.414 e. The largest absolute Gasteiger partial charge is 0.486 e. The molecule has 0 aliphatic carbocycles. The molecule has 36 heavy (non-hydrogen) atoms. The van der Waals surface area contributed by atoms with Crippen LogP contribution in [0, 0.1) is 5.82 Å². The summed E-state index contributed by atoms with van der Waals surface area (Å²) in [6.07, 6.45) is 2.54. The quantitative estimate of drug-likeness (QED) is 0.453. The van der Waals surface area contributed by atoms with Crippen molar-refractivity contribution in [3.63, 3.8) is 0 Å². The number of unbranched alkanes of at least 4 members (excludes halogenated alkanes) is 1. The Hall–Kier alpha value is -4.15. The van der Waals surface area contributed by atoms with Gasteiger partial charge in [0.2, 0.25) is 5.75 Å². The van der Waals surface area contributed by atoms with E-state index in [2.05, 4.69) is 10.3 Å². The number of fused-ring (bicyclic) bond motifs is 1. The molecule has 10 nitrogen and oxygen atoms in total. The first-order valence-corrected chi connectivity index (χ1v) is 11.7. The lowest BCUT2D eigenvalue weighted by Gasteiger charge is -2.21. The van der Waals surface area contributed by atoms with Gasteiger partial charge >= 0.3 is 11.7 Å². The van der Waals surface area contributed by atoms with Gasteiger partial charge < -0.3 is 19.7 Å². The third kappa shape index (κ3) is 5.09. The summed E-state index contributed by atoms with van der Waals surface area (Å²) in [6.45, 7) is 2.79. The lowest BCUT2D eigenvalue weighted by molar-refractivity contribution is 0.0941. The Balaban J connectivity index is 1.83. The van der Waals surface area contributed by atoms with Crippen LogP contribution in [0.5, 0.6) is 5.75 Å². The third-order valence-corrected chi connectivity index (χ3v) is 5.74. The summed E-state index contributed by atoms with van der Waals surface area (Å²) in [5.74, 6) is -1.19. The van der Waals surface area contributed by atoms with Gasteiger partial charge in [-0.05, 0) is 30.2 Å². The van der Waals surface area contributed by atoms with Crippen molar-refractivity contribution in [3.8, 4) is 5.75 Å². The van der Waals surface area contributed by atoms with E-state index in [0.717, 1.165) is 6.42 Å². The molecule has 1 aromatic carbocycles. The minimum atomic E-state index is -0.628. The van der Waals surface area contributed by atoms with E-state index in [1.165, 1.54) is 21.4 Å². The molecule has 3 heterocycles. The fourth-order valence-corrected chi connectivity index (χ4v) is 3.72. The predicted octanol–water partition coefficient (Wildman–Crippen LogP) is 2.97. The maximum Gasteiger partial charge on any atom is 0.414 e. The van der Waals surface area contributed by atoms with Gasteiger partial charge in [0.25, 0.3) is 5.91 Å². The molecule has 3 aromatic rings. The van der Waals surface area contributed by atoms with Gasteiger partial charge in [-0.2, -0.15) is 0 Å². The molecule has 0 bridgehead atoms. The number of rotatable bonds is 9. The van der Waals surface area contributed by atoms with Gasteiger partial charge in [0.1, 0.15) is 12.4 Å². The summed E-state index contributed by atoms with van der Waals surface area (Å²) in [6, 6.07) is 7.41. The molecule has 11 heteroatoms. The van der Waals surface area contributed by atoms with Gasteiger partial charge in [-0.3, -0.25) is 18.9 Å². The van der Waals surface area contributed by atoms with Crippen LogP contribution in [0.3, 0.4) is 0 Å². The third-order valence-electron chi connectivity index (χ3n) is 5.74. The molecular weight excluding hydrogens is 469 g/mol. The zero-order chi connectivity index (χ0) is 25.8. The number of hydrogen-bond acceptors (Lipinski definition) is 7. The van der Waals surface area contributed by atoms with Crippen molar-refractivity contribution in [2.75, 3.05) is 43.7 Å². The van der Waals surface area contributed by atoms with Crippen LogP contribution < -0.4 is 25.4 Å². The van der Waals surface area contributed by atoms with E-state index in [1.807, 2.05) is 21.0 Å². The van der Waals surface area contributed by atoms with Crippen molar-refractivity contribution in [1.82, 2.24) is 14.7 Å². The van der Waals surface area contributed by atoms with Crippen LogP contribution in [-0.2, 0) is 11.3 Å². The summed E-state index contributed by atoms with van der Waals surface area (Å²) in [4.78, 5) is 46.9. The molecule has 2 amide bonds. The molecule has 190 valence electrons. The topological polar surface area (TPSA) is 105 Å². The normalized spacial score (nSPS) is 13.1. The highest BCUT2D eigenvalue weighted by Gasteiger charge is 2.29. The molecule has 0 spiro atoms. The van der Waals surface area contributed by atoms with Crippen molar-refractivity contribution in [1.29, 1.82) is 0 Å². The Morgan fingerprint density at radius 3 is 2.64 bits per heavy atom. The predicted molar refractivity (Wildman–Crippen MR) is 132 cm³/mol. The standard InChI is InChI=1S/C25H28FN5O5/c1-4-5-11-35-21-20(23(32)27-14-16-6-8-17(26)9-7-16)28-22-19(30-10-12-36-25(30)34)13-18(29(2)3)15-31(22)24(21)33/h6-9,13,15H,4-5,10-12,14H2,1-3H3,(H,27,32). The van der Waals surface area contributed by atoms with Crippen molar-refractivity contribution in [2.45, 2.75) is 26.3 Å². The van der Waals surface area contributed by atoms with E-state index < -0.39 is 17.6 Å². The lowest BCUT2D eigenvalue weighted by atomic mass is 10.2. The number of nitrogens with one attached hydrogen (secondary N) is 1. The molecule has 0 radical (unpaired) electrons. The van der Waals surface area contributed by atoms with E-state index in [-0.39, 0.29) is 49.2 Å². The zero-order valence-corrected chi connectivity index (χ0v) is 20.4. The molecule has 1 N–H and O–H groups in total. The molecule has 1 aliphatic rings. The first kappa shape index (κ1) is 25.0. The van der Waals surface area contributed by atoms with Crippen LogP contribution in [0.15, 0.2) is 41.3 Å². The van der Waals surface area contributed by atoms with E-state index >= 15 is 0 Å².